The van der Waals surface area contributed by atoms with E-state index < -0.39 is 0 Å². The summed E-state index contributed by atoms with van der Waals surface area (Å²) >= 11 is 0. The molecular formula is C27H29NO3. The molecule has 0 bridgehead atoms. The summed E-state index contributed by atoms with van der Waals surface area (Å²) < 4.78 is 11.8. The van der Waals surface area contributed by atoms with Crippen molar-refractivity contribution >= 4 is 11.7 Å². The van der Waals surface area contributed by atoms with Gasteiger partial charge < -0.3 is 14.8 Å². The van der Waals surface area contributed by atoms with E-state index in [9.17, 15) is 4.79 Å². The maximum Gasteiger partial charge on any atom is 0.338 e. The maximum absolute atomic E-state index is 12.9. The standard InChI is InChI=1S/C27H29NO3/c1-20-17-26(31-23-15-9-4-10-16-23)25(28-22-13-7-3-8-14-22)18-24(20)27(29)30-19-21-11-5-2-6-12-21/h2,4-6,9-12,15-18,22,28H,3,7-8,13-14,19H2,1H3. The monoisotopic (exact) mass is 415 g/mol. The Morgan fingerprint density at radius 2 is 1.61 bits per heavy atom. The minimum atomic E-state index is -0.320. The highest BCUT2D eigenvalue weighted by molar-refractivity contribution is 5.93. The molecule has 0 spiro atoms. The van der Waals surface area contributed by atoms with Crippen LogP contribution in [0.3, 0.4) is 0 Å². The van der Waals surface area contributed by atoms with Crippen molar-refractivity contribution in [2.45, 2.75) is 51.7 Å². The van der Waals surface area contributed by atoms with E-state index in [2.05, 4.69) is 5.32 Å². The lowest BCUT2D eigenvalue weighted by atomic mass is 9.95. The largest absolute Gasteiger partial charge is 0.457 e. The first-order valence-electron chi connectivity index (χ1n) is 11.0. The van der Waals surface area contributed by atoms with Gasteiger partial charge >= 0.3 is 5.97 Å². The minimum absolute atomic E-state index is 0.257. The summed E-state index contributed by atoms with van der Waals surface area (Å²) in [7, 11) is 0. The Morgan fingerprint density at radius 3 is 2.32 bits per heavy atom. The first-order chi connectivity index (χ1) is 15.2. The van der Waals surface area contributed by atoms with Crippen LogP contribution in [0.2, 0.25) is 0 Å². The molecule has 1 aliphatic carbocycles. The Morgan fingerprint density at radius 1 is 0.935 bits per heavy atom. The molecule has 0 atom stereocenters. The summed E-state index contributed by atoms with van der Waals surface area (Å²) in [5, 5.41) is 3.63. The normalized spacial score (nSPS) is 14.1. The van der Waals surface area contributed by atoms with Gasteiger partial charge in [-0.25, -0.2) is 4.79 Å². The Bertz CT molecular complexity index is 996. The van der Waals surface area contributed by atoms with Crippen molar-refractivity contribution in [3.8, 4) is 11.5 Å². The van der Waals surface area contributed by atoms with Crippen molar-refractivity contribution < 1.29 is 14.3 Å². The van der Waals surface area contributed by atoms with Crippen LogP contribution in [0, 0.1) is 6.92 Å². The van der Waals surface area contributed by atoms with Gasteiger partial charge in [0.05, 0.1) is 11.3 Å². The van der Waals surface area contributed by atoms with E-state index >= 15 is 0 Å². The van der Waals surface area contributed by atoms with Gasteiger partial charge in [-0.15, -0.1) is 0 Å². The minimum Gasteiger partial charge on any atom is -0.457 e. The number of aryl methyl sites for hydroxylation is 1. The van der Waals surface area contributed by atoms with Crippen LogP contribution in [-0.2, 0) is 11.3 Å². The van der Waals surface area contributed by atoms with E-state index in [1.54, 1.807) is 0 Å². The van der Waals surface area contributed by atoms with Crippen molar-refractivity contribution in [2.24, 2.45) is 0 Å². The average Bonchev–Trinajstić information content (AvgIpc) is 2.81. The number of nitrogens with one attached hydrogen (secondary N) is 1. The molecular weight excluding hydrogens is 386 g/mol. The first-order valence-corrected chi connectivity index (χ1v) is 11.0. The average molecular weight is 416 g/mol. The molecule has 0 saturated heterocycles. The van der Waals surface area contributed by atoms with Crippen LogP contribution in [0.1, 0.15) is 53.6 Å². The number of hydrogen-bond acceptors (Lipinski definition) is 4. The third-order valence-electron chi connectivity index (χ3n) is 5.70. The third kappa shape index (κ3) is 5.66. The van der Waals surface area contributed by atoms with Gasteiger partial charge in [0.25, 0.3) is 0 Å². The molecule has 160 valence electrons. The molecule has 3 aromatic rings. The fraction of sp³-hybridized carbons (Fsp3) is 0.296. The van der Waals surface area contributed by atoms with E-state index in [4.69, 9.17) is 9.47 Å². The van der Waals surface area contributed by atoms with Crippen LogP contribution in [0.25, 0.3) is 0 Å². The van der Waals surface area contributed by atoms with Gasteiger partial charge in [-0.3, -0.25) is 0 Å². The highest BCUT2D eigenvalue weighted by Gasteiger charge is 2.20. The lowest BCUT2D eigenvalue weighted by Gasteiger charge is -2.25. The number of benzene rings is 3. The van der Waals surface area contributed by atoms with Gasteiger partial charge in [-0.2, -0.15) is 0 Å². The zero-order valence-electron chi connectivity index (χ0n) is 18.0. The smallest absolute Gasteiger partial charge is 0.338 e. The Labute approximate surface area is 184 Å². The van der Waals surface area contributed by atoms with Crippen LogP contribution >= 0.6 is 0 Å². The molecule has 0 unspecified atom stereocenters. The molecule has 1 saturated carbocycles. The summed E-state index contributed by atoms with van der Waals surface area (Å²) in [6.07, 6.45) is 6.00. The molecule has 1 aliphatic rings. The highest BCUT2D eigenvalue weighted by atomic mass is 16.5. The van der Waals surface area contributed by atoms with Crippen molar-refractivity contribution in [1.82, 2.24) is 0 Å². The SMILES string of the molecule is Cc1cc(Oc2ccccc2)c(NC2CCCCC2)cc1C(=O)OCc1ccccc1. The second-order valence-corrected chi connectivity index (χ2v) is 8.12. The topological polar surface area (TPSA) is 47.6 Å². The molecule has 1 N–H and O–H groups in total. The van der Waals surface area contributed by atoms with Gasteiger partial charge in [0, 0.05) is 6.04 Å². The van der Waals surface area contributed by atoms with Crippen molar-refractivity contribution in [3.05, 3.63) is 89.5 Å². The lowest BCUT2D eigenvalue weighted by Crippen LogP contribution is -2.23. The van der Waals surface area contributed by atoms with Gasteiger partial charge in [-0.05, 0) is 55.2 Å². The molecule has 31 heavy (non-hydrogen) atoms. The van der Waals surface area contributed by atoms with Crippen LogP contribution in [0.4, 0.5) is 5.69 Å². The van der Waals surface area contributed by atoms with Crippen molar-refractivity contribution in [3.63, 3.8) is 0 Å². The number of carbonyl (C=O) groups excluding carboxylic acids is 1. The number of ether oxygens (including phenoxy) is 2. The highest BCUT2D eigenvalue weighted by Crippen LogP contribution is 2.35. The van der Waals surface area contributed by atoms with E-state index in [1.807, 2.05) is 79.7 Å². The molecule has 4 nitrogen and oxygen atoms in total. The first kappa shape index (κ1) is 21.0. The number of hydrogen-bond donors (Lipinski definition) is 1. The fourth-order valence-corrected chi connectivity index (χ4v) is 3.98. The van der Waals surface area contributed by atoms with E-state index in [-0.39, 0.29) is 12.6 Å². The van der Waals surface area contributed by atoms with Crippen molar-refractivity contribution in [2.75, 3.05) is 5.32 Å². The van der Waals surface area contributed by atoms with Crippen LogP contribution in [0.15, 0.2) is 72.8 Å². The fourth-order valence-electron chi connectivity index (χ4n) is 3.98. The van der Waals surface area contributed by atoms with E-state index in [1.165, 1.54) is 19.3 Å². The zero-order chi connectivity index (χ0) is 21.5. The molecule has 4 rings (SSSR count). The van der Waals surface area contributed by atoms with Gasteiger partial charge in [0.2, 0.25) is 0 Å². The summed E-state index contributed by atoms with van der Waals surface area (Å²) in [5.74, 6) is 1.18. The van der Waals surface area contributed by atoms with Gasteiger partial charge in [0.1, 0.15) is 12.4 Å². The summed E-state index contributed by atoms with van der Waals surface area (Å²) in [4.78, 5) is 12.9. The van der Waals surface area contributed by atoms with E-state index in [0.717, 1.165) is 41.2 Å². The number of rotatable bonds is 7. The molecule has 4 heteroatoms. The van der Waals surface area contributed by atoms with Gasteiger partial charge in [-0.1, -0.05) is 67.8 Å². The number of anilines is 1. The lowest BCUT2D eigenvalue weighted by molar-refractivity contribution is 0.0472. The van der Waals surface area contributed by atoms with Gasteiger partial charge in [0.15, 0.2) is 5.75 Å². The molecule has 1 fully saturated rings. The van der Waals surface area contributed by atoms with Crippen LogP contribution < -0.4 is 10.1 Å². The molecule has 3 aromatic carbocycles. The Hall–Kier alpha value is -3.27. The number of esters is 1. The summed E-state index contributed by atoms with van der Waals surface area (Å²) in [6.45, 7) is 2.17. The molecule has 0 amide bonds. The second-order valence-electron chi connectivity index (χ2n) is 8.12. The molecule has 0 aromatic heterocycles. The van der Waals surface area contributed by atoms with E-state index in [0.29, 0.717) is 11.6 Å². The maximum atomic E-state index is 12.9. The molecule has 0 aliphatic heterocycles. The second kappa shape index (κ2) is 10.2. The summed E-state index contributed by atoms with van der Waals surface area (Å²) in [6, 6.07) is 23.7. The number of carbonyl (C=O) groups is 1. The summed E-state index contributed by atoms with van der Waals surface area (Å²) in [5.41, 5.74) is 3.21. The Kier molecular flexibility index (Phi) is 6.88. The molecule has 0 heterocycles. The van der Waals surface area contributed by atoms with Crippen LogP contribution in [-0.4, -0.2) is 12.0 Å². The van der Waals surface area contributed by atoms with Crippen LogP contribution in [0.5, 0.6) is 11.5 Å². The predicted octanol–water partition coefficient (Wildman–Crippen LogP) is 6.89. The van der Waals surface area contributed by atoms with Crippen molar-refractivity contribution in [1.29, 1.82) is 0 Å². The zero-order valence-corrected chi connectivity index (χ0v) is 18.0. The molecule has 0 radical (unpaired) electrons. The third-order valence-corrected chi connectivity index (χ3v) is 5.70. The Balaban J connectivity index is 1.57. The quantitative estimate of drug-likeness (QED) is 0.427. The predicted molar refractivity (Wildman–Crippen MR) is 124 cm³/mol. The number of para-hydroxylation sites is 1.